The SMILES string of the molecule is COc1ccc(-c2cc(-c3ccc(C)cc3)c3c(N)c(C(=O)N4CCN(Cc5ccccc5)CC4)sc3n2)cc1. The van der Waals surface area contributed by atoms with E-state index in [4.69, 9.17) is 15.5 Å². The van der Waals surface area contributed by atoms with Gasteiger partial charge in [-0.1, -0.05) is 60.2 Å². The first-order valence-corrected chi connectivity index (χ1v) is 14.3. The summed E-state index contributed by atoms with van der Waals surface area (Å²) in [6.07, 6.45) is 0. The Balaban J connectivity index is 1.33. The number of nitrogens with two attached hydrogens (primary N) is 1. The third kappa shape index (κ3) is 5.18. The molecule has 0 saturated carbocycles. The van der Waals surface area contributed by atoms with Gasteiger partial charge in [-0.15, -0.1) is 11.3 Å². The van der Waals surface area contributed by atoms with Gasteiger partial charge in [-0.25, -0.2) is 4.98 Å². The maximum atomic E-state index is 13.8. The first kappa shape index (κ1) is 26.0. The van der Waals surface area contributed by atoms with Gasteiger partial charge in [-0.3, -0.25) is 9.69 Å². The third-order valence-electron chi connectivity index (χ3n) is 7.55. The number of fused-ring (bicyclic) bond motifs is 1. The van der Waals surface area contributed by atoms with Gasteiger partial charge >= 0.3 is 0 Å². The maximum absolute atomic E-state index is 13.8. The summed E-state index contributed by atoms with van der Waals surface area (Å²) >= 11 is 1.39. The van der Waals surface area contributed by atoms with Gasteiger partial charge in [-0.05, 0) is 53.9 Å². The van der Waals surface area contributed by atoms with Crippen LogP contribution in [0.25, 0.3) is 32.6 Å². The average molecular weight is 549 g/mol. The topological polar surface area (TPSA) is 71.7 Å². The van der Waals surface area contributed by atoms with Gasteiger partial charge in [0.05, 0.1) is 18.5 Å². The molecule has 1 aliphatic heterocycles. The normalized spacial score (nSPS) is 14.0. The maximum Gasteiger partial charge on any atom is 0.266 e. The van der Waals surface area contributed by atoms with Crippen molar-refractivity contribution in [2.24, 2.45) is 0 Å². The van der Waals surface area contributed by atoms with Crippen molar-refractivity contribution in [3.8, 4) is 28.1 Å². The highest BCUT2D eigenvalue weighted by molar-refractivity contribution is 7.21. The fourth-order valence-corrected chi connectivity index (χ4v) is 6.33. The number of thiophene rings is 1. The largest absolute Gasteiger partial charge is 0.497 e. The quantitative estimate of drug-likeness (QED) is 0.263. The number of pyridine rings is 1. The van der Waals surface area contributed by atoms with E-state index in [1.165, 1.54) is 22.5 Å². The molecule has 5 aromatic rings. The van der Waals surface area contributed by atoms with E-state index >= 15 is 0 Å². The lowest BCUT2D eigenvalue weighted by molar-refractivity contribution is 0.0634. The molecule has 3 aromatic carbocycles. The van der Waals surface area contributed by atoms with E-state index in [0.29, 0.717) is 23.7 Å². The van der Waals surface area contributed by atoms with Crippen LogP contribution in [-0.4, -0.2) is 54.0 Å². The van der Waals surface area contributed by atoms with E-state index in [-0.39, 0.29) is 5.91 Å². The van der Waals surface area contributed by atoms with Crippen molar-refractivity contribution in [3.63, 3.8) is 0 Å². The molecule has 1 aliphatic rings. The Bertz CT molecular complexity index is 1640. The Morgan fingerprint density at radius 2 is 1.60 bits per heavy atom. The lowest BCUT2D eigenvalue weighted by atomic mass is 9.98. The minimum absolute atomic E-state index is 0.0132. The van der Waals surface area contributed by atoms with Crippen LogP contribution in [0.4, 0.5) is 5.69 Å². The lowest BCUT2D eigenvalue weighted by Gasteiger charge is -2.34. The highest BCUT2D eigenvalue weighted by atomic mass is 32.1. The van der Waals surface area contributed by atoms with Crippen LogP contribution in [0.5, 0.6) is 5.75 Å². The van der Waals surface area contributed by atoms with E-state index in [9.17, 15) is 4.79 Å². The van der Waals surface area contributed by atoms with E-state index in [2.05, 4.69) is 66.4 Å². The number of nitrogens with zero attached hydrogens (tertiary/aromatic N) is 3. The van der Waals surface area contributed by atoms with E-state index in [1.54, 1.807) is 7.11 Å². The van der Waals surface area contributed by atoms with Gasteiger partial charge in [0.25, 0.3) is 5.91 Å². The number of methoxy groups -OCH3 is 1. The number of benzene rings is 3. The number of carbonyl (C=O) groups is 1. The van der Waals surface area contributed by atoms with Crippen LogP contribution in [0, 0.1) is 6.92 Å². The van der Waals surface area contributed by atoms with Crippen molar-refractivity contribution in [1.29, 1.82) is 0 Å². The predicted molar refractivity (Wildman–Crippen MR) is 164 cm³/mol. The summed E-state index contributed by atoms with van der Waals surface area (Å²) in [4.78, 5) is 24.4. The number of hydrogen-bond acceptors (Lipinski definition) is 6. The Labute approximate surface area is 238 Å². The molecule has 0 bridgehead atoms. The molecule has 202 valence electrons. The number of nitrogen functional groups attached to an aromatic ring is 1. The van der Waals surface area contributed by atoms with Gasteiger partial charge in [0.15, 0.2) is 0 Å². The van der Waals surface area contributed by atoms with Gasteiger partial charge in [0, 0.05) is 43.7 Å². The summed E-state index contributed by atoms with van der Waals surface area (Å²) in [7, 11) is 1.66. The Morgan fingerprint density at radius 1 is 0.925 bits per heavy atom. The summed E-state index contributed by atoms with van der Waals surface area (Å²) in [5, 5.41) is 0.845. The van der Waals surface area contributed by atoms with Crippen LogP contribution >= 0.6 is 11.3 Å². The van der Waals surface area contributed by atoms with Crippen molar-refractivity contribution in [3.05, 3.63) is 101 Å². The smallest absolute Gasteiger partial charge is 0.266 e. The molecule has 7 heteroatoms. The van der Waals surface area contributed by atoms with Crippen LogP contribution in [0.15, 0.2) is 84.9 Å². The molecular weight excluding hydrogens is 516 g/mol. The summed E-state index contributed by atoms with van der Waals surface area (Å²) in [5.41, 5.74) is 13.6. The van der Waals surface area contributed by atoms with Crippen molar-refractivity contribution in [2.75, 3.05) is 39.0 Å². The fourth-order valence-electron chi connectivity index (χ4n) is 5.24. The summed E-state index contributed by atoms with van der Waals surface area (Å²) in [5.74, 6) is 0.779. The number of ether oxygens (including phenoxy) is 1. The van der Waals surface area contributed by atoms with Gasteiger partial charge in [-0.2, -0.15) is 0 Å². The summed E-state index contributed by atoms with van der Waals surface area (Å²) in [6, 6.07) is 28.8. The highest BCUT2D eigenvalue weighted by Gasteiger charge is 2.27. The molecule has 3 heterocycles. The second kappa shape index (κ2) is 11.1. The average Bonchev–Trinajstić information content (AvgIpc) is 3.34. The number of rotatable bonds is 6. The number of piperazine rings is 1. The van der Waals surface area contributed by atoms with Crippen molar-refractivity contribution >= 4 is 33.1 Å². The first-order valence-electron chi connectivity index (χ1n) is 13.5. The van der Waals surface area contributed by atoms with Gasteiger partial charge in [0.1, 0.15) is 15.5 Å². The predicted octanol–water partition coefficient (Wildman–Crippen LogP) is 6.49. The van der Waals surface area contributed by atoms with Crippen molar-refractivity contribution in [2.45, 2.75) is 13.5 Å². The number of carbonyl (C=O) groups excluding carboxylic acids is 1. The van der Waals surface area contributed by atoms with Crippen LogP contribution in [0.2, 0.25) is 0 Å². The molecular formula is C33H32N4O2S. The fraction of sp³-hybridized carbons (Fsp3) is 0.212. The molecule has 0 aliphatic carbocycles. The molecule has 0 spiro atoms. The molecule has 1 amide bonds. The summed E-state index contributed by atoms with van der Waals surface area (Å²) in [6.45, 7) is 5.99. The van der Waals surface area contributed by atoms with Crippen molar-refractivity contribution < 1.29 is 9.53 Å². The van der Waals surface area contributed by atoms with Crippen LogP contribution < -0.4 is 10.5 Å². The Morgan fingerprint density at radius 3 is 2.27 bits per heavy atom. The van der Waals surface area contributed by atoms with Gasteiger partial charge in [0.2, 0.25) is 0 Å². The van der Waals surface area contributed by atoms with Crippen LogP contribution in [0.3, 0.4) is 0 Å². The van der Waals surface area contributed by atoms with Crippen molar-refractivity contribution in [1.82, 2.24) is 14.8 Å². The summed E-state index contributed by atoms with van der Waals surface area (Å²) < 4.78 is 5.34. The highest BCUT2D eigenvalue weighted by Crippen LogP contribution is 2.42. The molecule has 2 N–H and O–H groups in total. The molecule has 0 atom stereocenters. The van der Waals surface area contributed by atoms with E-state index < -0.39 is 0 Å². The Kier molecular flexibility index (Phi) is 7.24. The molecule has 2 aromatic heterocycles. The number of aryl methyl sites for hydroxylation is 1. The number of aromatic nitrogens is 1. The Hall–Kier alpha value is -4.20. The standard InChI is InChI=1S/C33H32N4O2S/c1-22-8-10-24(11-9-22)27-20-28(25-12-14-26(39-2)15-13-25)35-32-29(27)30(34)31(40-32)33(38)37-18-16-36(17-19-37)21-23-6-4-3-5-7-23/h3-15,20H,16-19,21,34H2,1-2H3. The number of hydrogen-bond donors (Lipinski definition) is 1. The second-order valence-electron chi connectivity index (χ2n) is 10.2. The monoisotopic (exact) mass is 548 g/mol. The zero-order chi connectivity index (χ0) is 27.6. The van der Waals surface area contributed by atoms with E-state index in [1.807, 2.05) is 35.2 Å². The molecule has 0 radical (unpaired) electrons. The van der Waals surface area contributed by atoms with Crippen LogP contribution in [0.1, 0.15) is 20.8 Å². The minimum Gasteiger partial charge on any atom is -0.497 e. The lowest BCUT2D eigenvalue weighted by Crippen LogP contribution is -2.48. The molecule has 40 heavy (non-hydrogen) atoms. The number of anilines is 1. The molecule has 1 fully saturated rings. The van der Waals surface area contributed by atoms with Gasteiger partial charge < -0.3 is 15.4 Å². The zero-order valence-electron chi connectivity index (χ0n) is 22.8. The minimum atomic E-state index is -0.0132. The number of amides is 1. The second-order valence-corrected chi connectivity index (χ2v) is 11.2. The molecule has 6 rings (SSSR count). The first-order chi connectivity index (χ1) is 19.5. The van der Waals surface area contributed by atoms with E-state index in [0.717, 1.165) is 58.0 Å². The molecule has 6 nitrogen and oxygen atoms in total. The third-order valence-corrected chi connectivity index (χ3v) is 8.64. The zero-order valence-corrected chi connectivity index (χ0v) is 23.6. The molecule has 1 saturated heterocycles. The van der Waals surface area contributed by atoms with Crippen LogP contribution in [-0.2, 0) is 6.54 Å². The molecule has 0 unspecified atom stereocenters.